The van der Waals surface area contributed by atoms with E-state index in [0.717, 1.165) is 19.5 Å². The minimum Gasteiger partial charge on any atom is -0.370 e. The van der Waals surface area contributed by atoms with Gasteiger partial charge in [0.1, 0.15) is 0 Å². The lowest BCUT2D eigenvalue weighted by Gasteiger charge is -2.23. The summed E-state index contributed by atoms with van der Waals surface area (Å²) in [5, 5.41) is 3.14. The van der Waals surface area contributed by atoms with E-state index in [2.05, 4.69) is 22.1 Å². The van der Waals surface area contributed by atoms with Gasteiger partial charge in [-0.2, -0.15) is 0 Å². The van der Waals surface area contributed by atoms with Crippen LogP contribution in [-0.2, 0) is 9.47 Å². The van der Waals surface area contributed by atoms with Gasteiger partial charge < -0.3 is 20.5 Å². The van der Waals surface area contributed by atoms with Gasteiger partial charge in [0.15, 0.2) is 11.7 Å². The first-order valence-electron chi connectivity index (χ1n) is 7.69. The van der Waals surface area contributed by atoms with Crippen LogP contribution < -0.4 is 11.1 Å². The summed E-state index contributed by atoms with van der Waals surface area (Å²) in [5.41, 5.74) is 5.91. The third-order valence-corrected chi connectivity index (χ3v) is 4.16. The fraction of sp³-hybridized carbons (Fsp3) is 0.929. The molecule has 0 amide bonds. The number of nitrogens with two attached hydrogens (primary N) is 1. The van der Waals surface area contributed by atoms with Crippen molar-refractivity contribution in [1.82, 2.24) is 10.2 Å². The number of likely N-dealkylation sites (tertiary alicyclic amines) is 1. The number of hydrogen-bond acceptors (Lipinski definition) is 4. The van der Waals surface area contributed by atoms with Crippen LogP contribution >= 0.6 is 24.0 Å². The normalized spacial score (nSPS) is 25.8. The number of rotatable bonds is 6. The third kappa shape index (κ3) is 5.88. The summed E-state index contributed by atoms with van der Waals surface area (Å²) in [6.07, 6.45) is 3.27. The van der Waals surface area contributed by atoms with Crippen LogP contribution in [0.2, 0.25) is 0 Å². The van der Waals surface area contributed by atoms with E-state index in [4.69, 9.17) is 15.2 Å². The van der Waals surface area contributed by atoms with Crippen LogP contribution in [0.3, 0.4) is 0 Å². The van der Waals surface area contributed by atoms with E-state index in [1.807, 2.05) is 6.92 Å². The summed E-state index contributed by atoms with van der Waals surface area (Å²) in [6.45, 7) is 9.31. The summed E-state index contributed by atoms with van der Waals surface area (Å²) in [7, 11) is 0. The third-order valence-electron chi connectivity index (χ3n) is 4.16. The Balaban J connectivity index is 0.00000220. The smallest absolute Gasteiger partial charge is 0.188 e. The number of nitrogens with zero attached hydrogens (tertiary/aromatic N) is 2. The maximum Gasteiger partial charge on any atom is 0.188 e. The van der Waals surface area contributed by atoms with Crippen LogP contribution in [0.1, 0.15) is 33.1 Å². The zero-order valence-corrected chi connectivity index (χ0v) is 15.5. The van der Waals surface area contributed by atoms with Crippen LogP contribution in [0, 0.1) is 0 Å². The molecule has 0 aromatic rings. The lowest BCUT2D eigenvalue weighted by molar-refractivity contribution is -0.145. The van der Waals surface area contributed by atoms with Gasteiger partial charge in [-0.3, -0.25) is 9.89 Å². The second-order valence-corrected chi connectivity index (χ2v) is 5.66. The van der Waals surface area contributed by atoms with Crippen molar-refractivity contribution < 1.29 is 9.47 Å². The molecule has 0 spiro atoms. The first-order valence-corrected chi connectivity index (χ1v) is 7.69. The molecule has 0 aromatic carbocycles. The topological polar surface area (TPSA) is 72.1 Å². The number of guanidine groups is 1. The van der Waals surface area contributed by atoms with Crippen molar-refractivity contribution in [3.05, 3.63) is 0 Å². The lowest BCUT2D eigenvalue weighted by atomic mass is 10.2. The Morgan fingerprint density at radius 3 is 2.81 bits per heavy atom. The molecule has 3 N–H and O–H groups in total. The van der Waals surface area contributed by atoms with E-state index < -0.39 is 5.79 Å². The van der Waals surface area contributed by atoms with Crippen molar-refractivity contribution in [3.63, 3.8) is 0 Å². The molecule has 124 valence electrons. The Kier molecular flexibility index (Phi) is 8.22. The van der Waals surface area contributed by atoms with E-state index in [1.54, 1.807) is 0 Å². The molecule has 6 nitrogen and oxygen atoms in total. The molecule has 7 heteroatoms. The largest absolute Gasteiger partial charge is 0.370 e. The van der Waals surface area contributed by atoms with E-state index >= 15 is 0 Å². The number of halogens is 1. The van der Waals surface area contributed by atoms with Crippen molar-refractivity contribution in [2.45, 2.75) is 44.9 Å². The zero-order chi connectivity index (χ0) is 14.4. The van der Waals surface area contributed by atoms with Crippen LogP contribution in [0.25, 0.3) is 0 Å². The first-order chi connectivity index (χ1) is 9.63. The SMILES string of the molecule is CCN1CCCC1CN=C(N)NCCC1(C)OCCO1.I. The molecule has 2 fully saturated rings. The molecule has 2 saturated heterocycles. The Bertz CT molecular complexity index is 335. The zero-order valence-electron chi connectivity index (χ0n) is 13.1. The maximum absolute atomic E-state index is 5.91. The molecule has 21 heavy (non-hydrogen) atoms. The fourth-order valence-corrected chi connectivity index (χ4v) is 2.90. The highest BCUT2D eigenvalue weighted by Crippen LogP contribution is 2.21. The number of likely N-dealkylation sites (N-methyl/N-ethyl adjacent to an activating group) is 1. The quantitative estimate of drug-likeness (QED) is 0.389. The molecule has 1 atom stereocenters. The molecule has 0 aromatic heterocycles. The minimum atomic E-state index is -0.461. The number of ether oxygens (including phenoxy) is 2. The van der Waals surface area contributed by atoms with Crippen LogP contribution in [-0.4, -0.2) is 62.1 Å². The van der Waals surface area contributed by atoms with E-state index in [1.165, 1.54) is 19.4 Å². The van der Waals surface area contributed by atoms with Crippen molar-refractivity contribution in [2.75, 3.05) is 39.4 Å². The van der Waals surface area contributed by atoms with Crippen LogP contribution in [0.5, 0.6) is 0 Å². The highest BCUT2D eigenvalue weighted by Gasteiger charge is 2.30. The molecule has 2 rings (SSSR count). The van der Waals surface area contributed by atoms with E-state index in [9.17, 15) is 0 Å². The van der Waals surface area contributed by atoms with Crippen molar-refractivity contribution in [3.8, 4) is 0 Å². The molecule has 2 aliphatic rings. The first kappa shape index (κ1) is 18.9. The van der Waals surface area contributed by atoms with Gasteiger partial charge >= 0.3 is 0 Å². The van der Waals surface area contributed by atoms with E-state index in [-0.39, 0.29) is 24.0 Å². The Morgan fingerprint density at radius 2 is 2.14 bits per heavy atom. The lowest BCUT2D eigenvalue weighted by Crippen LogP contribution is -2.38. The Morgan fingerprint density at radius 1 is 1.43 bits per heavy atom. The highest BCUT2D eigenvalue weighted by molar-refractivity contribution is 14.0. The Hall–Kier alpha value is -0.120. The summed E-state index contributed by atoms with van der Waals surface area (Å²) in [5.74, 6) is 0.0622. The van der Waals surface area contributed by atoms with Gasteiger partial charge in [-0.25, -0.2) is 0 Å². The predicted octanol–water partition coefficient (Wildman–Crippen LogP) is 1.15. The molecular weight excluding hydrogens is 383 g/mol. The van der Waals surface area contributed by atoms with Gasteiger partial charge in [0.2, 0.25) is 0 Å². The van der Waals surface area contributed by atoms with Gasteiger partial charge in [0.05, 0.1) is 19.8 Å². The van der Waals surface area contributed by atoms with Gasteiger partial charge in [-0.05, 0) is 32.9 Å². The second-order valence-electron chi connectivity index (χ2n) is 5.66. The second kappa shape index (κ2) is 9.12. The fourth-order valence-electron chi connectivity index (χ4n) is 2.90. The molecule has 2 heterocycles. The maximum atomic E-state index is 5.91. The molecule has 1 unspecified atom stereocenters. The standard InChI is InChI=1S/C14H28N4O2.HI/c1-3-18-8-4-5-12(18)11-17-13(15)16-7-6-14(2)19-9-10-20-14;/h12H,3-11H2,1-2H3,(H3,15,16,17);1H. The summed E-state index contributed by atoms with van der Waals surface area (Å²) in [4.78, 5) is 6.92. The molecule has 2 aliphatic heterocycles. The average molecular weight is 412 g/mol. The van der Waals surface area contributed by atoms with E-state index in [0.29, 0.717) is 31.8 Å². The minimum absolute atomic E-state index is 0. The van der Waals surface area contributed by atoms with Crippen LogP contribution in [0.15, 0.2) is 4.99 Å². The summed E-state index contributed by atoms with van der Waals surface area (Å²) >= 11 is 0. The monoisotopic (exact) mass is 412 g/mol. The summed E-state index contributed by atoms with van der Waals surface area (Å²) < 4.78 is 11.1. The van der Waals surface area contributed by atoms with Gasteiger partial charge in [-0.15, -0.1) is 24.0 Å². The number of hydrogen-bond donors (Lipinski definition) is 2. The molecular formula is C14H29IN4O2. The highest BCUT2D eigenvalue weighted by atomic mass is 127. The average Bonchev–Trinajstić information content (AvgIpc) is 3.05. The van der Waals surface area contributed by atoms with Crippen LogP contribution in [0.4, 0.5) is 0 Å². The van der Waals surface area contributed by atoms with Gasteiger partial charge in [0, 0.05) is 19.0 Å². The van der Waals surface area contributed by atoms with Gasteiger partial charge in [-0.1, -0.05) is 6.92 Å². The Labute approximate surface area is 144 Å². The molecule has 0 aliphatic carbocycles. The van der Waals surface area contributed by atoms with Gasteiger partial charge in [0.25, 0.3) is 0 Å². The number of nitrogens with one attached hydrogen (secondary N) is 1. The molecule has 0 saturated carbocycles. The predicted molar refractivity (Wildman–Crippen MR) is 95.1 cm³/mol. The van der Waals surface area contributed by atoms with Crippen molar-refractivity contribution in [2.24, 2.45) is 10.7 Å². The molecule has 0 radical (unpaired) electrons. The number of aliphatic imine (C=N–C) groups is 1. The van der Waals surface area contributed by atoms with Crippen molar-refractivity contribution in [1.29, 1.82) is 0 Å². The van der Waals surface area contributed by atoms with Crippen molar-refractivity contribution >= 4 is 29.9 Å². The summed E-state index contributed by atoms with van der Waals surface area (Å²) in [6, 6.07) is 0.555. The molecule has 0 bridgehead atoms.